The number of para-hydroxylation sites is 2. The molecule has 0 bridgehead atoms. The van der Waals surface area contributed by atoms with Crippen molar-refractivity contribution in [2.45, 2.75) is 44.7 Å². The van der Waals surface area contributed by atoms with Gasteiger partial charge in [0.05, 0.1) is 11.0 Å². The van der Waals surface area contributed by atoms with Crippen LogP contribution in [0.15, 0.2) is 53.3 Å². The summed E-state index contributed by atoms with van der Waals surface area (Å²) < 4.78 is 1.86. The summed E-state index contributed by atoms with van der Waals surface area (Å²) in [6, 6.07) is 15.7. The van der Waals surface area contributed by atoms with E-state index in [1.807, 2.05) is 41.0 Å². The van der Waals surface area contributed by atoms with Crippen LogP contribution in [0.4, 0.5) is 0 Å². The maximum absolute atomic E-state index is 13.5. The topological polar surface area (TPSA) is 91.2 Å². The Morgan fingerprint density at radius 2 is 1.79 bits per heavy atom. The van der Waals surface area contributed by atoms with Crippen molar-refractivity contribution in [2.24, 2.45) is 5.73 Å². The van der Waals surface area contributed by atoms with Crippen molar-refractivity contribution in [2.75, 3.05) is 33.7 Å². The first-order chi connectivity index (χ1) is 16.4. The Morgan fingerprint density at radius 1 is 1.06 bits per heavy atom. The molecule has 34 heavy (non-hydrogen) atoms. The second-order valence-electron chi connectivity index (χ2n) is 9.50. The number of aryl methyl sites for hydroxylation is 1. The summed E-state index contributed by atoms with van der Waals surface area (Å²) in [6.07, 6.45) is 5.69. The van der Waals surface area contributed by atoms with Crippen LogP contribution in [0.1, 0.15) is 37.7 Å². The zero-order chi connectivity index (χ0) is 24.1. The number of unbranched alkanes of at least 4 members (excludes halogenated alkanes) is 2. The molecule has 0 amide bonds. The highest BCUT2D eigenvalue weighted by molar-refractivity contribution is 5.96. The van der Waals surface area contributed by atoms with Gasteiger partial charge in [-0.15, -0.1) is 0 Å². The molecule has 0 atom stereocenters. The Morgan fingerprint density at radius 3 is 2.53 bits per heavy atom. The molecule has 2 aromatic carbocycles. The third-order valence-corrected chi connectivity index (χ3v) is 6.94. The number of aromatic nitrogens is 2. The summed E-state index contributed by atoms with van der Waals surface area (Å²) in [5.41, 5.74) is 8.93. The summed E-state index contributed by atoms with van der Waals surface area (Å²) in [5, 5.41) is 7.72. The molecule has 7 nitrogen and oxygen atoms in total. The van der Waals surface area contributed by atoms with Gasteiger partial charge < -0.3 is 20.1 Å². The van der Waals surface area contributed by atoms with E-state index in [9.17, 15) is 4.79 Å². The molecule has 1 aromatic heterocycles. The fourth-order valence-corrected chi connectivity index (χ4v) is 4.88. The Labute approximate surface area is 201 Å². The summed E-state index contributed by atoms with van der Waals surface area (Å²) in [6.45, 7) is 4.17. The second kappa shape index (κ2) is 10.9. The minimum atomic E-state index is -0.0924. The number of rotatable bonds is 9. The van der Waals surface area contributed by atoms with Gasteiger partial charge in [0.15, 0.2) is 0 Å². The van der Waals surface area contributed by atoms with Gasteiger partial charge in [-0.3, -0.25) is 10.2 Å². The highest BCUT2D eigenvalue weighted by atomic mass is 16.1. The zero-order valence-electron chi connectivity index (χ0n) is 20.3. The molecule has 1 fully saturated rings. The molecule has 0 radical (unpaired) electrons. The van der Waals surface area contributed by atoms with Gasteiger partial charge in [-0.1, -0.05) is 36.8 Å². The number of piperidine rings is 1. The molecular formula is C27H36N6O. The predicted molar refractivity (Wildman–Crippen MR) is 139 cm³/mol. The number of amidine groups is 1. The largest absolute Gasteiger partial charge is 0.384 e. The summed E-state index contributed by atoms with van der Waals surface area (Å²) in [7, 11) is 4.35. The van der Waals surface area contributed by atoms with E-state index in [2.05, 4.69) is 28.9 Å². The van der Waals surface area contributed by atoms with Crippen molar-refractivity contribution in [1.82, 2.24) is 19.4 Å². The molecule has 0 saturated carbocycles. The van der Waals surface area contributed by atoms with Gasteiger partial charge in [0.1, 0.15) is 11.5 Å². The van der Waals surface area contributed by atoms with Crippen LogP contribution in [0.2, 0.25) is 0 Å². The molecule has 1 saturated heterocycles. The third kappa shape index (κ3) is 5.54. The summed E-state index contributed by atoms with van der Waals surface area (Å²) in [4.78, 5) is 23.1. The van der Waals surface area contributed by atoms with Gasteiger partial charge in [0.2, 0.25) is 0 Å². The van der Waals surface area contributed by atoms with E-state index >= 15 is 0 Å². The summed E-state index contributed by atoms with van der Waals surface area (Å²) >= 11 is 0. The standard InChI is InChI=1S/C27H36N6O/c1-31(2)22-13-17-32(18-14-22)15-6-3-7-16-33-24-12-5-4-11-23(24)30-25(27(33)34)20-9-8-10-21(19-20)26(28)29/h4-5,8-12,19,22H,3,6-7,13-18H2,1-2H3,(H3,28,29). The van der Waals surface area contributed by atoms with Crippen molar-refractivity contribution >= 4 is 16.9 Å². The third-order valence-electron chi connectivity index (χ3n) is 6.94. The first kappa shape index (κ1) is 24.1. The van der Waals surface area contributed by atoms with E-state index in [0.717, 1.165) is 36.8 Å². The summed E-state index contributed by atoms with van der Waals surface area (Å²) in [5.74, 6) is -0.0195. The van der Waals surface area contributed by atoms with Crippen LogP contribution in [0.3, 0.4) is 0 Å². The molecule has 0 unspecified atom stereocenters. The van der Waals surface area contributed by atoms with Gasteiger partial charge >= 0.3 is 0 Å². The lowest BCUT2D eigenvalue weighted by Crippen LogP contribution is -2.42. The molecule has 1 aliphatic heterocycles. The minimum absolute atomic E-state index is 0.0195. The predicted octanol–water partition coefficient (Wildman–Crippen LogP) is 3.54. The molecule has 3 aromatic rings. The molecule has 0 aliphatic carbocycles. The molecule has 0 spiro atoms. The minimum Gasteiger partial charge on any atom is -0.384 e. The van der Waals surface area contributed by atoms with E-state index < -0.39 is 0 Å². The van der Waals surface area contributed by atoms with Crippen LogP contribution in [-0.2, 0) is 6.54 Å². The number of benzene rings is 2. The van der Waals surface area contributed by atoms with Gasteiger partial charge in [0, 0.05) is 23.7 Å². The average molecular weight is 461 g/mol. The molecule has 1 aliphatic rings. The highest BCUT2D eigenvalue weighted by Gasteiger charge is 2.20. The number of nitrogens with one attached hydrogen (secondary N) is 1. The number of hydrogen-bond acceptors (Lipinski definition) is 5. The lowest BCUT2D eigenvalue weighted by molar-refractivity contribution is 0.143. The quantitative estimate of drug-likeness (QED) is 0.290. The van der Waals surface area contributed by atoms with Gasteiger partial charge in [0.25, 0.3) is 5.56 Å². The molecule has 3 N–H and O–H groups in total. The molecule has 4 rings (SSSR count). The Kier molecular flexibility index (Phi) is 7.75. The average Bonchev–Trinajstić information content (AvgIpc) is 2.85. The maximum Gasteiger partial charge on any atom is 0.277 e. The van der Waals surface area contributed by atoms with Crippen molar-refractivity contribution < 1.29 is 0 Å². The smallest absolute Gasteiger partial charge is 0.277 e. The normalized spacial score (nSPS) is 15.3. The lowest BCUT2D eigenvalue weighted by atomic mass is 10.0. The van der Waals surface area contributed by atoms with E-state index in [1.54, 1.807) is 12.1 Å². The number of fused-ring (bicyclic) bond motifs is 1. The van der Waals surface area contributed by atoms with Crippen LogP contribution in [0.25, 0.3) is 22.3 Å². The number of nitrogens with two attached hydrogens (primary N) is 1. The van der Waals surface area contributed by atoms with Gasteiger partial charge in [-0.2, -0.15) is 0 Å². The first-order valence-corrected chi connectivity index (χ1v) is 12.3. The SMILES string of the molecule is CN(C)C1CCN(CCCCCn2c(=O)c(-c3cccc(C(=N)N)c3)nc3ccccc32)CC1. The van der Waals surface area contributed by atoms with Crippen molar-refractivity contribution in [3.63, 3.8) is 0 Å². The fourth-order valence-electron chi connectivity index (χ4n) is 4.88. The number of hydrogen-bond donors (Lipinski definition) is 2. The van der Waals surface area contributed by atoms with Gasteiger partial charge in [-0.05, 0) is 77.6 Å². The second-order valence-corrected chi connectivity index (χ2v) is 9.50. The zero-order valence-corrected chi connectivity index (χ0v) is 20.3. The van der Waals surface area contributed by atoms with Crippen molar-refractivity contribution in [3.8, 4) is 11.3 Å². The van der Waals surface area contributed by atoms with Crippen LogP contribution in [-0.4, -0.2) is 65.0 Å². The van der Waals surface area contributed by atoms with E-state index in [4.69, 9.17) is 11.1 Å². The highest BCUT2D eigenvalue weighted by Crippen LogP contribution is 2.20. The Balaban J connectivity index is 1.44. The van der Waals surface area contributed by atoms with Crippen LogP contribution >= 0.6 is 0 Å². The van der Waals surface area contributed by atoms with E-state index in [-0.39, 0.29) is 11.4 Å². The van der Waals surface area contributed by atoms with Crippen molar-refractivity contribution in [3.05, 3.63) is 64.4 Å². The fraction of sp³-hybridized carbons (Fsp3) is 0.444. The van der Waals surface area contributed by atoms with Crippen molar-refractivity contribution in [1.29, 1.82) is 5.41 Å². The molecular weight excluding hydrogens is 424 g/mol. The number of nitrogens with zero attached hydrogens (tertiary/aromatic N) is 4. The number of nitrogen functional groups attached to an aromatic ring is 1. The first-order valence-electron chi connectivity index (χ1n) is 12.3. The molecule has 2 heterocycles. The van der Waals surface area contributed by atoms with Crippen LogP contribution < -0.4 is 11.3 Å². The number of likely N-dealkylation sites (tertiary alicyclic amines) is 1. The monoisotopic (exact) mass is 460 g/mol. The maximum atomic E-state index is 13.5. The molecule has 7 heteroatoms. The Bertz CT molecular complexity index is 1190. The van der Waals surface area contributed by atoms with E-state index in [0.29, 0.717) is 29.4 Å². The van der Waals surface area contributed by atoms with Crippen LogP contribution in [0, 0.1) is 5.41 Å². The van der Waals surface area contributed by atoms with Gasteiger partial charge in [-0.25, -0.2) is 4.98 Å². The molecule has 180 valence electrons. The van der Waals surface area contributed by atoms with Crippen LogP contribution in [0.5, 0.6) is 0 Å². The lowest BCUT2D eigenvalue weighted by Gasteiger charge is -2.35. The Hall–Kier alpha value is -3.03. The van der Waals surface area contributed by atoms with E-state index in [1.165, 1.54) is 25.9 Å².